The van der Waals surface area contributed by atoms with Crippen LogP contribution in [0, 0.1) is 5.82 Å². The third-order valence-electron chi connectivity index (χ3n) is 7.10. The zero-order chi connectivity index (χ0) is 26.8. The van der Waals surface area contributed by atoms with Gasteiger partial charge in [0.15, 0.2) is 14.9 Å². The Bertz CT molecular complexity index is 1530. The summed E-state index contributed by atoms with van der Waals surface area (Å²) < 4.78 is 32.1. The van der Waals surface area contributed by atoms with Crippen molar-refractivity contribution in [1.29, 1.82) is 0 Å². The zero-order valence-corrected chi connectivity index (χ0v) is 22.2. The molecule has 2 aromatic heterocycles. The second-order valence-electron chi connectivity index (χ2n) is 10.9. The van der Waals surface area contributed by atoms with Crippen molar-refractivity contribution in [2.24, 2.45) is 9.50 Å². The average Bonchev–Trinajstić information content (AvgIpc) is 3.51. The lowest BCUT2D eigenvalue weighted by Crippen LogP contribution is -2.20. The Morgan fingerprint density at radius 3 is 2.59 bits per heavy atom. The summed E-state index contributed by atoms with van der Waals surface area (Å²) in [6.45, 7) is 7.35. The Hall–Kier alpha value is -3.15. The number of nitrogens with one attached hydrogen (secondary N) is 1. The van der Waals surface area contributed by atoms with Crippen LogP contribution in [0.3, 0.4) is 0 Å². The highest BCUT2D eigenvalue weighted by atomic mass is 32.2. The maximum absolute atomic E-state index is 13.5. The van der Waals surface area contributed by atoms with Crippen LogP contribution >= 0.6 is 0 Å². The molecule has 2 heterocycles. The van der Waals surface area contributed by atoms with E-state index < -0.39 is 27.4 Å². The number of halogens is 1. The molecule has 11 heteroatoms. The van der Waals surface area contributed by atoms with Crippen LogP contribution in [0.1, 0.15) is 68.7 Å². The third-order valence-corrected chi connectivity index (χ3v) is 8.34. The Morgan fingerprint density at radius 2 is 1.92 bits per heavy atom. The SMILES string of the molecule is CC(C)(O)c1cc([S@@](N)(=O)=NC(=O)Nc2c3c(nc4c2CCC4(C)C)CCC3)nn1-c1ccc(F)cc1. The maximum atomic E-state index is 13.5. The van der Waals surface area contributed by atoms with Gasteiger partial charge in [-0.15, -0.1) is 4.36 Å². The molecule has 1 atom stereocenters. The summed E-state index contributed by atoms with van der Waals surface area (Å²) in [5.74, 6) is -0.437. The van der Waals surface area contributed by atoms with E-state index in [1.807, 2.05) is 0 Å². The molecule has 0 bridgehead atoms. The Labute approximate surface area is 215 Å². The van der Waals surface area contributed by atoms with Crippen LogP contribution in [0.15, 0.2) is 39.7 Å². The Morgan fingerprint density at radius 1 is 1.22 bits per heavy atom. The van der Waals surface area contributed by atoms with Crippen molar-refractivity contribution in [3.63, 3.8) is 0 Å². The number of urea groups is 1. The van der Waals surface area contributed by atoms with Gasteiger partial charge in [0.1, 0.15) is 11.4 Å². The molecule has 3 aromatic rings. The van der Waals surface area contributed by atoms with Crippen molar-refractivity contribution in [1.82, 2.24) is 14.8 Å². The number of hydrogen-bond acceptors (Lipinski definition) is 5. The number of rotatable bonds is 4. The second kappa shape index (κ2) is 8.71. The number of aryl methyl sites for hydroxylation is 1. The number of nitrogens with zero attached hydrogens (tertiary/aromatic N) is 4. The molecule has 0 fully saturated rings. The number of benzene rings is 1. The number of amides is 2. The molecule has 5 rings (SSSR count). The van der Waals surface area contributed by atoms with Crippen molar-refractivity contribution in [3.05, 3.63) is 64.4 Å². The normalized spacial score (nSPS) is 17.7. The molecular formula is C26H31FN6O3S. The van der Waals surface area contributed by atoms with Crippen molar-refractivity contribution in [2.75, 3.05) is 5.32 Å². The lowest BCUT2D eigenvalue weighted by atomic mass is 9.90. The largest absolute Gasteiger partial charge is 0.384 e. The zero-order valence-electron chi connectivity index (χ0n) is 21.3. The van der Waals surface area contributed by atoms with Gasteiger partial charge in [0.05, 0.1) is 22.8 Å². The Balaban J connectivity index is 1.53. The molecule has 1 aromatic carbocycles. The van der Waals surface area contributed by atoms with E-state index in [0.717, 1.165) is 54.6 Å². The second-order valence-corrected chi connectivity index (χ2v) is 12.6. The van der Waals surface area contributed by atoms with Gasteiger partial charge < -0.3 is 10.4 Å². The molecule has 2 aliphatic rings. The fourth-order valence-corrected chi connectivity index (χ4v) is 6.01. The predicted molar refractivity (Wildman–Crippen MR) is 138 cm³/mol. The number of carbonyl (C=O) groups is 1. The van der Waals surface area contributed by atoms with Gasteiger partial charge in [-0.2, -0.15) is 5.10 Å². The summed E-state index contributed by atoms with van der Waals surface area (Å²) in [5, 5.41) is 23.7. The highest BCUT2D eigenvalue weighted by Crippen LogP contribution is 2.44. The first-order chi connectivity index (χ1) is 17.3. The van der Waals surface area contributed by atoms with Gasteiger partial charge in [0, 0.05) is 17.2 Å². The van der Waals surface area contributed by atoms with Crippen LogP contribution in [0.5, 0.6) is 0 Å². The molecule has 196 valence electrons. The number of hydrogen-bond donors (Lipinski definition) is 3. The molecule has 0 radical (unpaired) electrons. The van der Waals surface area contributed by atoms with Crippen LogP contribution in [-0.4, -0.2) is 30.1 Å². The van der Waals surface area contributed by atoms with Crippen LogP contribution in [0.2, 0.25) is 0 Å². The fourth-order valence-electron chi connectivity index (χ4n) is 5.15. The average molecular weight is 527 g/mol. The van der Waals surface area contributed by atoms with Gasteiger partial charge in [-0.3, -0.25) is 4.98 Å². The van der Waals surface area contributed by atoms with Crippen LogP contribution in [0.4, 0.5) is 14.9 Å². The summed E-state index contributed by atoms with van der Waals surface area (Å²) in [7, 11) is -3.78. The number of carbonyl (C=O) groups excluding carboxylic acids is 1. The molecule has 0 saturated heterocycles. The quantitative estimate of drug-likeness (QED) is 0.466. The molecular weight excluding hydrogens is 495 g/mol. The van der Waals surface area contributed by atoms with Gasteiger partial charge in [-0.1, -0.05) is 13.8 Å². The van der Waals surface area contributed by atoms with E-state index in [1.165, 1.54) is 48.9 Å². The van der Waals surface area contributed by atoms with Gasteiger partial charge in [-0.25, -0.2) is 23.2 Å². The van der Waals surface area contributed by atoms with Gasteiger partial charge in [0.25, 0.3) is 0 Å². The predicted octanol–water partition coefficient (Wildman–Crippen LogP) is 4.28. The number of aliphatic hydroxyl groups is 1. The maximum Gasteiger partial charge on any atom is 0.354 e. The molecule has 0 aliphatic heterocycles. The summed E-state index contributed by atoms with van der Waals surface area (Å²) in [5.41, 5.74) is 3.89. The number of anilines is 1. The molecule has 4 N–H and O–H groups in total. The highest BCUT2D eigenvalue weighted by Gasteiger charge is 2.36. The fraction of sp³-hybridized carbons (Fsp3) is 0.423. The monoisotopic (exact) mass is 526 g/mol. The van der Waals surface area contributed by atoms with Gasteiger partial charge >= 0.3 is 6.03 Å². The number of nitrogens with two attached hydrogens (primary N) is 1. The lowest BCUT2D eigenvalue weighted by Gasteiger charge is -2.20. The molecule has 0 saturated carbocycles. The minimum absolute atomic E-state index is 0.0916. The number of pyridine rings is 1. The molecule has 0 spiro atoms. The minimum atomic E-state index is -3.78. The summed E-state index contributed by atoms with van der Waals surface area (Å²) in [6, 6.07) is 5.95. The molecule has 2 amide bonds. The molecule has 9 nitrogen and oxygen atoms in total. The first-order valence-electron chi connectivity index (χ1n) is 12.3. The van der Waals surface area contributed by atoms with Gasteiger partial charge in [0.2, 0.25) is 0 Å². The van der Waals surface area contributed by atoms with Crippen molar-refractivity contribution in [3.8, 4) is 5.69 Å². The van der Waals surface area contributed by atoms with Crippen LogP contribution < -0.4 is 10.5 Å². The van der Waals surface area contributed by atoms with Crippen molar-refractivity contribution >= 4 is 21.6 Å². The van der Waals surface area contributed by atoms with Gasteiger partial charge in [-0.05, 0) is 81.3 Å². The van der Waals surface area contributed by atoms with E-state index in [4.69, 9.17) is 10.1 Å². The Kier molecular flexibility index (Phi) is 6.00. The van der Waals surface area contributed by atoms with E-state index in [0.29, 0.717) is 11.4 Å². The summed E-state index contributed by atoms with van der Waals surface area (Å²) >= 11 is 0. The van der Waals surface area contributed by atoms with E-state index in [-0.39, 0.29) is 16.1 Å². The van der Waals surface area contributed by atoms with Crippen LogP contribution in [0.25, 0.3) is 5.69 Å². The standard InChI is InChI=1S/C26H31FN6O3S/c1-25(2)13-12-18-22(17-6-5-7-19(17)29-23(18)25)30-24(34)32-37(28,36)21-14-20(26(3,4)35)33(31-21)16-10-8-15(27)9-11-16/h8-11,14,35H,5-7,12-13H2,1-4H3,(H3,28,29,30,32,34,36)/t37-/m0/s1. The number of fused-ring (bicyclic) bond motifs is 2. The first kappa shape index (κ1) is 25.5. The van der Waals surface area contributed by atoms with Crippen LogP contribution in [-0.2, 0) is 40.2 Å². The molecule has 37 heavy (non-hydrogen) atoms. The van der Waals surface area contributed by atoms with E-state index in [9.17, 15) is 18.5 Å². The summed E-state index contributed by atoms with van der Waals surface area (Å²) in [6.07, 6.45) is 4.33. The van der Waals surface area contributed by atoms with Crippen molar-refractivity contribution < 1.29 is 18.5 Å². The minimum Gasteiger partial charge on any atom is -0.384 e. The first-order valence-corrected chi connectivity index (χ1v) is 13.8. The van der Waals surface area contributed by atoms with E-state index >= 15 is 0 Å². The molecule has 0 unspecified atom stereocenters. The highest BCUT2D eigenvalue weighted by molar-refractivity contribution is 7.91. The lowest BCUT2D eigenvalue weighted by molar-refractivity contribution is 0.0711. The third kappa shape index (κ3) is 4.67. The smallest absolute Gasteiger partial charge is 0.354 e. The van der Waals surface area contributed by atoms with Crippen molar-refractivity contribution in [2.45, 2.75) is 75.8 Å². The summed E-state index contributed by atoms with van der Waals surface area (Å²) in [4.78, 5) is 18.0. The number of aromatic nitrogens is 3. The van der Waals surface area contributed by atoms with E-state index in [2.05, 4.69) is 28.6 Å². The molecule has 2 aliphatic carbocycles. The van der Waals surface area contributed by atoms with E-state index in [1.54, 1.807) is 0 Å². The topological polar surface area (TPSA) is 135 Å².